The van der Waals surface area contributed by atoms with Crippen molar-refractivity contribution in [1.82, 2.24) is 5.16 Å². The molecule has 1 aromatic heterocycles. The van der Waals surface area contributed by atoms with Crippen molar-refractivity contribution >= 4 is 0 Å². The summed E-state index contributed by atoms with van der Waals surface area (Å²) in [6.45, 7) is 3.94. The Labute approximate surface area is 84.7 Å². The summed E-state index contributed by atoms with van der Waals surface area (Å²) in [7, 11) is 0. The summed E-state index contributed by atoms with van der Waals surface area (Å²) >= 11 is 0. The minimum atomic E-state index is -0.174. The van der Waals surface area contributed by atoms with Gasteiger partial charge in [-0.1, -0.05) is 24.4 Å². The lowest BCUT2D eigenvalue weighted by atomic mass is 9.77. The maximum absolute atomic E-state index is 6.43. The molecule has 1 fully saturated rings. The summed E-state index contributed by atoms with van der Waals surface area (Å²) in [5.74, 6) is 0.895. The minimum Gasteiger partial charge on any atom is -0.361 e. The Bertz CT molecular complexity index is 305. The van der Waals surface area contributed by atoms with E-state index in [0.717, 1.165) is 29.9 Å². The van der Waals surface area contributed by atoms with Crippen LogP contribution < -0.4 is 5.73 Å². The highest BCUT2D eigenvalue weighted by atomic mass is 16.5. The highest BCUT2D eigenvalue weighted by molar-refractivity contribution is 5.30. The van der Waals surface area contributed by atoms with Gasteiger partial charge in [-0.05, 0) is 26.7 Å². The number of nitrogens with two attached hydrogens (primary N) is 1. The maximum Gasteiger partial charge on any atom is 0.138 e. The first-order valence-corrected chi connectivity index (χ1v) is 5.36. The fraction of sp³-hybridized carbons (Fsp3) is 0.727. The van der Waals surface area contributed by atoms with Crippen LogP contribution in [0.5, 0.6) is 0 Å². The summed E-state index contributed by atoms with van der Waals surface area (Å²) in [4.78, 5) is 0. The van der Waals surface area contributed by atoms with Gasteiger partial charge in [0.05, 0.1) is 5.69 Å². The van der Waals surface area contributed by atoms with Gasteiger partial charge >= 0.3 is 0 Å². The van der Waals surface area contributed by atoms with Crippen LogP contribution in [-0.4, -0.2) is 5.16 Å². The first-order valence-electron chi connectivity index (χ1n) is 5.36. The second kappa shape index (κ2) is 3.39. The lowest BCUT2D eigenvalue weighted by molar-refractivity contribution is 0.296. The molecule has 0 radical (unpaired) electrons. The second-order valence-electron chi connectivity index (χ2n) is 4.42. The number of rotatable bonds is 1. The van der Waals surface area contributed by atoms with Crippen molar-refractivity contribution in [3.05, 3.63) is 17.0 Å². The minimum absolute atomic E-state index is 0.174. The molecule has 3 heteroatoms. The molecule has 0 saturated heterocycles. The third-order valence-corrected chi connectivity index (χ3v) is 3.28. The number of hydrogen-bond acceptors (Lipinski definition) is 3. The van der Waals surface area contributed by atoms with Crippen LogP contribution in [-0.2, 0) is 5.54 Å². The smallest absolute Gasteiger partial charge is 0.138 e. The van der Waals surface area contributed by atoms with Gasteiger partial charge in [-0.3, -0.25) is 0 Å². The standard InChI is InChI=1S/C11H18N2O/c1-8-10(9(2)14-13-8)11(12)6-4-3-5-7-11/h3-7,12H2,1-2H3. The third kappa shape index (κ3) is 1.46. The topological polar surface area (TPSA) is 52.0 Å². The summed E-state index contributed by atoms with van der Waals surface area (Å²) in [6, 6.07) is 0. The van der Waals surface area contributed by atoms with Crippen LogP contribution in [0.4, 0.5) is 0 Å². The Hall–Kier alpha value is -0.830. The van der Waals surface area contributed by atoms with E-state index in [-0.39, 0.29) is 5.54 Å². The van der Waals surface area contributed by atoms with E-state index in [1.165, 1.54) is 19.3 Å². The number of hydrogen-bond donors (Lipinski definition) is 1. The predicted molar refractivity (Wildman–Crippen MR) is 54.9 cm³/mol. The SMILES string of the molecule is Cc1noc(C)c1C1(N)CCCCC1. The maximum atomic E-state index is 6.43. The van der Waals surface area contributed by atoms with Crippen molar-refractivity contribution in [3.8, 4) is 0 Å². The van der Waals surface area contributed by atoms with Gasteiger partial charge in [0, 0.05) is 11.1 Å². The molecular weight excluding hydrogens is 176 g/mol. The zero-order valence-corrected chi connectivity index (χ0v) is 8.97. The zero-order chi connectivity index (χ0) is 10.2. The van der Waals surface area contributed by atoms with E-state index in [2.05, 4.69) is 5.16 Å². The molecular formula is C11H18N2O. The van der Waals surface area contributed by atoms with Gasteiger partial charge in [0.1, 0.15) is 5.76 Å². The molecule has 0 spiro atoms. The predicted octanol–water partition coefficient (Wildman–Crippen LogP) is 2.41. The highest BCUT2D eigenvalue weighted by Gasteiger charge is 2.34. The van der Waals surface area contributed by atoms with Crippen LogP contribution in [0.15, 0.2) is 4.52 Å². The van der Waals surface area contributed by atoms with E-state index in [4.69, 9.17) is 10.3 Å². The average molecular weight is 194 g/mol. The Kier molecular flexibility index (Phi) is 2.35. The lowest BCUT2D eigenvalue weighted by Crippen LogP contribution is -2.39. The molecule has 0 atom stereocenters. The molecule has 0 unspecified atom stereocenters. The molecule has 3 nitrogen and oxygen atoms in total. The van der Waals surface area contributed by atoms with Crippen molar-refractivity contribution in [3.63, 3.8) is 0 Å². The van der Waals surface area contributed by atoms with E-state index < -0.39 is 0 Å². The Morgan fingerprint density at radius 1 is 1.21 bits per heavy atom. The lowest BCUT2D eigenvalue weighted by Gasteiger charge is -2.33. The molecule has 0 aromatic carbocycles. The zero-order valence-electron chi connectivity index (χ0n) is 8.97. The first-order chi connectivity index (χ1) is 6.63. The summed E-state index contributed by atoms with van der Waals surface area (Å²) in [5.41, 5.74) is 8.37. The van der Waals surface area contributed by atoms with Gasteiger partial charge in [0.25, 0.3) is 0 Å². The molecule has 1 aliphatic rings. The van der Waals surface area contributed by atoms with Gasteiger partial charge in [0.15, 0.2) is 0 Å². The highest BCUT2D eigenvalue weighted by Crippen LogP contribution is 2.37. The first kappa shape index (κ1) is 9.71. The molecule has 2 rings (SSSR count). The number of aromatic nitrogens is 1. The quantitative estimate of drug-likeness (QED) is 0.747. The van der Waals surface area contributed by atoms with Gasteiger partial charge in [-0.15, -0.1) is 0 Å². The van der Waals surface area contributed by atoms with Crippen molar-refractivity contribution in [2.45, 2.75) is 51.5 Å². The van der Waals surface area contributed by atoms with Crippen LogP contribution in [0.2, 0.25) is 0 Å². The molecule has 2 N–H and O–H groups in total. The van der Waals surface area contributed by atoms with Crippen LogP contribution in [0, 0.1) is 13.8 Å². The Morgan fingerprint density at radius 3 is 2.36 bits per heavy atom. The van der Waals surface area contributed by atoms with Gasteiger partial charge in [0.2, 0.25) is 0 Å². The molecule has 1 heterocycles. The van der Waals surface area contributed by atoms with Crippen LogP contribution >= 0.6 is 0 Å². The van der Waals surface area contributed by atoms with E-state index in [9.17, 15) is 0 Å². The van der Waals surface area contributed by atoms with Crippen molar-refractivity contribution in [2.24, 2.45) is 5.73 Å². The molecule has 14 heavy (non-hydrogen) atoms. The molecule has 1 aromatic rings. The van der Waals surface area contributed by atoms with E-state index in [1.807, 2.05) is 13.8 Å². The largest absolute Gasteiger partial charge is 0.361 e. The third-order valence-electron chi connectivity index (χ3n) is 3.28. The van der Waals surface area contributed by atoms with Crippen molar-refractivity contribution < 1.29 is 4.52 Å². The average Bonchev–Trinajstić information content (AvgIpc) is 2.48. The van der Waals surface area contributed by atoms with Gasteiger partial charge < -0.3 is 10.3 Å². The van der Waals surface area contributed by atoms with E-state index in [1.54, 1.807) is 0 Å². The van der Waals surface area contributed by atoms with Crippen LogP contribution in [0.1, 0.15) is 49.1 Å². The van der Waals surface area contributed by atoms with E-state index >= 15 is 0 Å². The van der Waals surface area contributed by atoms with Gasteiger partial charge in [-0.25, -0.2) is 0 Å². The van der Waals surface area contributed by atoms with Crippen molar-refractivity contribution in [1.29, 1.82) is 0 Å². The van der Waals surface area contributed by atoms with Crippen LogP contribution in [0.25, 0.3) is 0 Å². The Balaban J connectivity index is 2.36. The number of aryl methyl sites for hydroxylation is 2. The summed E-state index contributed by atoms with van der Waals surface area (Å²) < 4.78 is 5.18. The molecule has 0 amide bonds. The summed E-state index contributed by atoms with van der Waals surface area (Å²) in [5, 5.41) is 3.98. The monoisotopic (exact) mass is 194 g/mol. The fourth-order valence-corrected chi connectivity index (χ4v) is 2.63. The molecule has 0 bridgehead atoms. The van der Waals surface area contributed by atoms with Gasteiger partial charge in [-0.2, -0.15) is 0 Å². The normalized spacial score (nSPS) is 21.1. The molecule has 78 valence electrons. The molecule has 1 aliphatic carbocycles. The summed E-state index contributed by atoms with van der Waals surface area (Å²) in [6.07, 6.45) is 5.88. The molecule has 0 aliphatic heterocycles. The van der Waals surface area contributed by atoms with Crippen LogP contribution in [0.3, 0.4) is 0 Å². The number of nitrogens with zero attached hydrogens (tertiary/aromatic N) is 1. The van der Waals surface area contributed by atoms with Crippen molar-refractivity contribution in [2.75, 3.05) is 0 Å². The molecule has 1 saturated carbocycles. The fourth-order valence-electron chi connectivity index (χ4n) is 2.63. The second-order valence-corrected chi connectivity index (χ2v) is 4.42. The van der Waals surface area contributed by atoms with E-state index in [0.29, 0.717) is 0 Å². The Morgan fingerprint density at radius 2 is 1.86 bits per heavy atom.